The minimum atomic E-state index is 0.243. The molecule has 0 bridgehead atoms. The van der Waals surface area contributed by atoms with Crippen molar-refractivity contribution in [2.24, 2.45) is 7.05 Å². The molecule has 2 aromatic rings. The van der Waals surface area contributed by atoms with Crippen LogP contribution in [-0.2, 0) is 13.6 Å². The molecular weight excluding hydrogens is 240 g/mol. The average Bonchev–Trinajstić information content (AvgIpc) is 2.94. The number of hydrogen-bond donors (Lipinski definition) is 1. The fraction of sp³-hybridized carbons (Fsp3) is 0.500. The van der Waals surface area contributed by atoms with Crippen molar-refractivity contribution in [2.75, 3.05) is 20.6 Å². The number of rotatable bonds is 6. The predicted octanol–water partition coefficient (Wildman–Crippen LogP) is 1.71. The molecule has 5 nitrogen and oxygen atoms in total. The Bertz CT molecular complexity index is 502. The molecule has 104 valence electrons. The lowest BCUT2D eigenvalue weighted by Gasteiger charge is -2.22. The van der Waals surface area contributed by atoms with Crippen molar-refractivity contribution in [3.63, 3.8) is 0 Å². The quantitative estimate of drug-likeness (QED) is 0.861. The summed E-state index contributed by atoms with van der Waals surface area (Å²) >= 11 is 0. The zero-order valence-corrected chi connectivity index (χ0v) is 12.1. The van der Waals surface area contributed by atoms with Gasteiger partial charge in [-0.15, -0.1) is 0 Å². The lowest BCUT2D eigenvalue weighted by molar-refractivity contribution is 0.250. The van der Waals surface area contributed by atoms with Crippen LogP contribution in [0.2, 0.25) is 0 Å². The smallest absolute Gasteiger partial charge is 0.122 e. The highest BCUT2D eigenvalue weighted by atomic mass is 16.3. The van der Waals surface area contributed by atoms with Crippen LogP contribution in [0.25, 0.3) is 0 Å². The number of aromatic nitrogens is 2. The van der Waals surface area contributed by atoms with E-state index < -0.39 is 0 Å². The van der Waals surface area contributed by atoms with Gasteiger partial charge >= 0.3 is 0 Å². The second kappa shape index (κ2) is 6.04. The maximum Gasteiger partial charge on any atom is 0.122 e. The molecule has 0 fully saturated rings. The largest absolute Gasteiger partial charge is 0.468 e. The summed E-state index contributed by atoms with van der Waals surface area (Å²) in [5.41, 5.74) is 2.31. The summed E-state index contributed by atoms with van der Waals surface area (Å²) in [5, 5.41) is 7.81. The van der Waals surface area contributed by atoms with Crippen LogP contribution in [0, 0.1) is 6.92 Å². The topological polar surface area (TPSA) is 46.2 Å². The van der Waals surface area contributed by atoms with Crippen LogP contribution in [0.4, 0.5) is 0 Å². The molecule has 0 aliphatic heterocycles. The van der Waals surface area contributed by atoms with E-state index >= 15 is 0 Å². The van der Waals surface area contributed by atoms with Crippen molar-refractivity contribution in [2.45, 2.75) is 19.5 Å². The fourth-order valence-corrected chi connectivity index (χ4v) is 2.18. The van der Waals surface area contributed by atoms with Gasteiger partial charge in [-0.1, -0.05) is 0 Å². The summed E-state index contributed by atoms with van der Waals surface area (Å²) in [6, 6.07) is 4.19. The molecule has 2 aromatic heterocycles. The van der Waals surface area contributed by atoms with Crippen LogP contribution in [0.3, 0.4) is 0 Å². The van der Waals surface area contributed by atoms with Crippen LogP contribution < -0.4 is 5.32 Å². The highest BCUT2D eigenvalue weighted by Gasteiger charge is 2.16. The molecule has 2 rings (SSSR count). The Morgan fingerprint density at radius 3 is 2.79 bits per heavy atom. The van der Waals surface area contributed by atoms with Crippen LogP contribution >= 0.6 is 0 Å². The minimum Gasteiger partial charge on any atom is -0.468 e. The van der Waals surface area contributed by atoms with Crippen molar-refractivity contribution >= 4 is 0 Å². The van der Waals surface area contributed by atoms with Gasteiger partial charge in [0.2, 0.25) is 0 Å². The maximum atomic E-state index is 5.49. The van der Waals surface area contributed by atoms with Gasteiger partial charge in [-0.05, 0) is 33.2 Å². The Hall–Kier alpha value is -1.59. The molecule has 0 aliphatic rings. The van der Waals surface area contributed by atoms with E-state index in [1.165, 1.54) is 5.56 Å². The first-order valence-electron chi connectivity index (χ1n) is 6.47. The van der Waals surface area contributed by atoms with Crippen molar-refractivity contribution in [1.82, 2.24) is 20.0 Å². The molecule has 0 saturated heterocycles. The summed E-state index contributed by atoms with van der Waals surface area (Å²) < 4.78 is 7.34. The third kappa shape index (κ3) is 3.45. The predicted molar refractivity (Wildman–Crippen MR) is 74.8 cm³/mol. The van der Waals surface area contributed by atoms with Crippen molar-refractivity contribution < 1.29 is 4.42 Å². The van der Waals surface area contributed by atoms with E-state index in [1.807, 2.05) is 30.8 Å². The van der Waals surface area contributed by atoms with Crippen LogP contribution in [0.5, 0.6) is 0 Å². The van der Waals surface area contributed by atoms with Gasteiger partial charge in [0.15, 0.2) is 0 Å². The Labute approximate surface area is 114 Å². The van der Waals surface area contributed by atoms with Gasteiger partial charge in [-0.25, -0.2) is 0 Å². The molecule has 0 amide bonds. The number of aryl methyl sites for hydroxylation is 2. The van der Waals surface area contributed by atoms with Gasteiger partial charge in [0.1, 0.15) is 5.76 Å². The van der Waals surface area contributed by atoms with Crippen LogP contribution in [-0.4, -0.2) is 35.3 Å². The average molecular weight is 262 g/mol. The molecule has 1 unspecified atom stereocenters. The lowest BCUT2D eigenvalue weighted by Crippen LogP contribution is -2.30. The Balaban J connectivity index is 1.91. The second-order valence-corrected chi connectivity index (χ2v) is 5.04. The Morgan fingerprint density at radius 2 is 2.26 bits per heavy atom. The molecule has 1 atom stereocenters. The summed E-state index contributed by atoms with van der Waals surface area (Å²) in [4.78, 5) is 2.15. The maximum absolute atomic E-state index is 5.49. The van der Waals surface area contributed by atoms with Gasteiger partial charge in [-0.3, -0.25) is 9.58 Å². The molecule has 0 aromatic carbocycles. The molecule has 2 heterocycles. The van der Waals surface area contributed by atoms with Gasteiger partial charge in [0.25, 0.3) is 0 Å². The van der Waals surface area contributed by atoms with E-state index in [0.717, 1.165) is 24.5 Å². The second-order valence-electron chi connectivity index (χ2n) is 5.04. The van der Waals surface area contributed by atoms with Crippen molar-refractivity contribution in [3.8, 4) is 0 Å². The number of furan rings is 1. The molecule has 0 spiro atoms. The summed E-state index contributed by atoms with van der Waals surface area (Å²) in [7, 11) is 6.07. The zero-order valence-electron chi connectivity index (χ0n) is 12.1. The van der Waals surface area contributed by atoms with E-state index in [-0.39, 0.29) is 6.04 Å². The van der Waals surface area contributed by atoms with Gasteiger partial charge in [0.05, 0.1) is 18.0 Å². The fourth-order valence-electron chi connectivity index (χ4n) is 2.18. The number of nitrogens with zero attached hydrogens (tertiary/aromatic N) is 3. The Morgan fingerprint density at radius 1 is 1.47 bits per heavy atom. The van der Waals surface area contributed by atoms with E-state index in [2.05, 4.69) is 35.6 Å². The molecular formula is C14H22N4O. The monoisotopic (exact) mass is 262 g/mol. The van der Waals surface area contributed by atoms with Crippen molar-refractivity contribution in [3.05, 3.63) is 41.6 Å². The van der Waals surface area contributed by atoms with Crippen molar-refractivity contribution in [1.29, 1.82) is 0 Å². The molecule has 0 aliphatic carbocycles. The Kier molecular flexibility index (Phi) is 4.39. The molecule has 0 radical (unpaired) electrons. The van der Waals surface area contributed by atoms with Gasteiger partial charge < -0.3 is 9.73 Å². The minimum absolute atomic E-state index is 0.243. The highest BCUT2D eigenvalue weighted by molar-refractivity contribution is 5.15. The first kappa shape index (κ1) is 13.8. The third-order valence-electron chi connectivity index (χ3n) is 3.26. The molecule has 5 heteroatoms. The number of hydrogen-bond acceptors (Lipinski definition) is 4. The van der Waals surface area contributed by atoms with E-state index in [4.69, 9.17) is 4.42 Å². The van der Waals surface area contributed by atoms with E-state index in [9.17, 15) is 0 Å². The summed E-state index contributed by atoms with van der Waals surface area (Å²) in [6.07, 6.45) is 3.77. The first-order chi connectivity index (χ1) is 9.08. The third-order valence-corrected chi connectivity index (χ3v) is 3.26. The first-order valence-corrected chi connectivity index (χ1v) is 6.47. The molecule has 0 saturated carbocycles. The normalized spacial score (nSPS) is 13.1. The van der Waals surface area contributed by atoms with Gasteiger partial charge in [0, 0.05) is 31.9 Å². The summed E-state index contributed by atoms with van der Waals surface area (Å²) in [5.74, 6) is 0.986. The lowest BCUT2D eigenvalue weighted by atomic mass is 10.2. The standard InChI is InChI=1S/C14H22N4O/c1-11-12(10-18(4)16-11)8-15-9-13(17(2)3)14-6-5-7-19-14/h5-7,10,13,15H,8-9H2,1-4H3. The van der Waals surface area contributed by atoms with E-state index in [1.54, 1.807) is 6.26 Å². The number of likely N-dealkylation sites (N-methyl/N-ethyl adjacent to an activating group) is 1. The number of nitrogens with one attached hydrogen (secondary N) is 1. The molecule has 1 N–H and O–H groups in total. The zero-order chi connectivity index (χ0) is 13.8. The molecule has 19 heavy (non-hydrogen) atoms. The van der Waals surface area contributed by atoms with E-state index in [0.29, 0.717) is 0 Å². The summed E-state index contributed by atoms with van der Waals surface area (Å²) in [6.45, 7) is 3.70. The SMILES string of the molecule is Cc1nn(C)cc1CNCC(c1ccco1)N(C)C. The van der Waals surface area contributed by atoms with Crippen LogP contribution in [0.15, 0.2) is 29.0 Å². The van der Waals surface area contributed by atoms with Gasteiger partial charge in [-0.2, -0.15) is 5.10 Å². The highest BCUT2D eigenvalue weighted by Crippen LogP contribution is 2.17. The van der Waals surface area contributed by atoms with Crippen LogP contribution in [0.1, 0.15) is 23.1 Å².